The third-order valence-electron chi connectivity index (χ3n) is 4.54. The minimum atomic E-state index is 0.577. The number of rotatable bonds is 1. The van der Waals surface area contributed by atoms with E-state index in [9.17, 15) is 0 Å². The van der Waals surface area contributed by atoms with Crippen LogP contribution >= 0.6 is 0 Å². The number of anilines is 1. The first-order chi connectivity index (χ1) is 13.1. The summed E-state index contributed by atoms with van der Waals surface area (Å²) in [5.74, 6) is 6.81. The fraction of sp³-hybridized carbons (Fsp3) is 0.136. The lowest BCUT2D eigenvalue weighted by atomic mass is 10.0. The van der Waals surface area contributed by atoms with Gasteiger partial charge < -0.3 is 10.5 Å². The smallest absolute Gasteiger partial charge is 0.213 e. The summed E-state index contributed by atoms with van der Waals surface area (Å²) in [5.41, 5.74) is 12.2. The highest BCUT2D eigenvalue weighted by Crippen LogP contribution is 2.29. The first kappa shape index (κ1) is 16.8. The molecule has 0 aliphatic heterocycles. The van der Waals surface area contributed by atoms with Crippen LogP contribution in [0.15, 0.2) is 42.7 Å². The monoisotopic (exact) mass is 354 g/mol. The van der Waals surface area contributed by atoms with Gasteiger partial charge in [0.25, 0.3) is 0 Å². The largest absolute Gasteiger partial charge is 0.481 e. The van der Waals surface area contributed by atoms with E-state index in [0.29, 0.717) is 17.3 Å². The molecule has 0 saturated heterocycles. The van der Waals surface area contributed by atoms with Gasteiger partial charge in [0.2, 0.25) is 5.88 Å². The average molecular weight is 354 g/mol. The second kappa shape index (κ2) is 6.58. The molecule has 0 spiro atoms. The maximum Gasteiger partial charge on any atom is 0.213 e. The Morgan fingerprint density at radius 2 is 1.81 bits per heavy atom. The summed E-state index contributed by atoms with van der Waals surface area (Å²) in [4.78, 5) is 13.4. The summed E-state index contributed by atoms with van der Waals surface area (Å²) in [7, 11) is 1.60. The van der Waals surface area contributed by atoms with Gasteiger partial charge >= 0.3 is 0 Å². The zero-order chi connectivity index (χ0) is 19.0. The molecular formula is C22H18N4O. The minimum Gasteiger partial charge on any atom is -0.481 e. The number of aryl methyl sites for hydroxylation is 2. The van der Waals surface area contributed by atoms with Gasteiger partial charge in [-0.3, -0.25) is 4.98 Å². The number of nitrogen functional groups attached to an aromatic ring is 1. The van der Waals surface area contributed by atoms with Gasteiger partial charge in [-0.2, -0.15) is 0 Å². The Morgan fingerprint density at radius 3 is 2.59 bits per heavy atom. The van der Waals surface area contributed by atoms with Crippen LogP contribution in [0, 0.1) is 25.7 Å². The first-order valence-corrected chi connectivity index (χ1v) is 8.54. The van der Waals surface area contributed by atoms with Crippen LogP contribution in [-0.2, 0) is 0 Å². The van der Waals surface area contributed by atoms with E-state index < -0.39 is 0 Å². The molecule has 0 atom stereocenters. The van der Waals surface area contributed by atoms with Crippen molar-refractivity contribution in [3.63, 3.8) is 0 Å². The zero-order valence-corrected chi connectivity index (χ0v) is 15.4. The highest BCUT2D eigenvalue weighted by atomic mass is 16.5. The molecule has 3 heterocycles. The number of hydrogen-bond donors (Lipinski definition) is 1. The Morgan fingerprint density at radius 1 is 0.963 bits per heavy atom. The zero-order valence-electron chi connectivity index (χ0n) is 15.4. The molecule has 0 radical (unpaired) electrons. The highest BCUT2D eigenvalue weighted by molar-refractivity contribution is 6.11. The molecule has 0 saturated carbocycles. The molecule has 2 N–H and O–H groups in total. The summed E-state index contributed by atoms with van der Waals surface area (Å²) in [5, 5.41) is 1.92. The predicted molar refractivity (Wildman–Crippen MR) is 108 cm³/mol. The molecule has 4 rings (SSSR count). The molecule has 0 aliphatic carbocycles. The van der Waals surface area contributed by atoms with Gasteiger partial charge in [0.15, 0.2) is 0 Å². The molecular weight excluding hydrogens is 336 g/mol. The lowest BCUT2D eigenvalue weighted by Gasteiger charge is -2.08. The topological polar surface area (TPSA) is 73.9 Å². The molecule has 3 aromatic heterocycles. The Labute approximate surface area is 157 Å². The van der Waals surface area contributed by atoms with Crippen LogP contribution in [-0.4, -0.2) is 22.1 Å². The highest BCUT2D eigenvalue weighted by Gasteiger charge is 2.08. The van der Waals surface area contributed by atoms with Crippen LogP contribution in [0.1, 0.15) is 22.4 Å². The summed E-state index contributed by atoms with van der Waals surface area (Å²) in [6.45, 7) is 4.00. The van der Waals surface area contributed by atoms with Crippen LogP contribution in [0.5, 0.6) is 5.88 Å². The fourth-order valence-corrected chi connectivity index (χ4v) is 3.04. The summed E-state index contributed by atoms with van der Waals surface area (Å²) in [6, 6.07) is 9.66. The van der Waals surface area contributed by atoms with Gasteiger partial charge in [0.1, 0.15) is 5.69 Å². The van der Waals surface area contributed by atoms with Crippen molar-refractivity contribution in [1.29, 1.82) is 0 Å². The number of pyridine rings is 3. The van der Waals surface area contributed by atoms with Crippen molar-refractivity contribution in [1.82, 2.24) is 15.0 Å². The van der Waals surface area contributed by atoms with Gasteiger partial charge in [-0.15, -0.1) is 0 Å². The molecule has 132 valence electrons. The van der Waals surface area contributed by atoms with Crippen LogP contribution < -0.4 is 10.5 Å². The number of aromatic nitrogens is 3. The van der Waals surface area contributed by atoms with Crippen molar-refractivity contribution in [2.45, 2.75) is 13.8 Å². The number of fused-ring (bicyclic) bond motifs is 3. The summed E-state index contributed by atoms with van der Waals surface area (Å²) < 4.78 is 5.13. The van der Waals surface area contributed by atoms with Crippen LogP contribution in [0.4, 0.5) is 5.69 Å². The van der Waals surface area contributed by atoms with Gasteiger partial charge in [0.05, 0.1) is 24.3 Å². The second-order valence-electron chi connectivity index (χ2n) is 6.37. The maximum absolute atomic E-state index is 6.19. The third-order valence-corrected chi connectivity index (χ3v) is 4.54. The fourth-order valence-electron chi connectivity index (χ4n) is 3.04. The first-order valence-electron chi connectivity index (χ1n) is 8.54. The van der Waals surface area contributed by atoms with E-state index in [0.717, 1.165) is 38.5 Å². The second-order valence-corrected chi connectivity index (χ2v) is 6.37. The summed E-state index contributed by atoms with van der Waals surface area (Å²) >= 11 is 0. The Balaban J connectivity index is 1.80. The molecule has 0 amide bonds. The Bertz CT molecular complexity index is 1250. The van der Waals surface area contributed by atoms with Crippen LogP contribution in [0.25, 0.3) is 21.8 Å². The number of nitrogens with zero attached hydrogens (tertiary/aromatic N) is 3. The maximum atomic E-state index is 6.19. The SMILES string of the molecule is COc1cc(C)c(C#Cc2ccc3c(cnc4c(C)ccc(N)c43)n2)cn1. The molecule has 5 nitrogen and oxygen atoms in total. The van der Waals surface area contributed by atoms with Crippen molar-refractivity contribution < 1.29 is 4.74 Å². The van der Waals surface area contributed by atoms with Crippen molar-refractivity contribution in [2.24, 2.45) is 0 Å². The average Bonchev–Trinajstić information content (AvgIpc) is 2.69. The van der Waals surface area contributed by atoms with Crippen molar-refractivity contribution in [2.75, 3.05) is 12.8 Å². The molecule has 4 aromatic rings. The minimum absolute atomic E-state index is 0.577. The van der Waals surface area contributed by atoms with Gasteiger partial charge in [-0.25, -0.2) is 9.97 Å². The number of hydrogen-bond acceptors (Lipinski definition) is 5. The van der Waals surface area contributed by atoms with Gasteiger partial charge in [-0.05, 0) is 49.1 Å². The van der Waals surface area contributed by atoms with Crippen molar-refractivity contribution >= 4 is 27.5 Å². The van der Waals surface area contributed by atoms with Crippen molar-refractivity contribution in [3.8, 4) is 17.7 Å². The molecule has 27 heavy (non-hydrogen) atoms. The normalized spacial score (nSPS) is 10.6. The van der Waals surface area contributed by atoms with E-state index in [2.05, 4.69) is 26.8 Å². The summed E-state index contributed by atoms with van der Waals surface area (Å²) in [6.07, 6.45) is 3.48. The van der Waals surface area contributed by atoms with E-state index >= 15 is 0 Å². The van der Waals surface area contributed by atoms with Crippen molar-refractivity contribution in [3.05, 3.63) is 65.1 Å². The van der Waals surface area contributed by atoms with E-state index in [4.69, 9.17) is 10.5 Å². The number of ether oxygens (including phenoxy) is 1. The lowest BCUT2D eigenvalue weighted by molar-refractivity contribution is 0.397. The van der Waals surface area contributed by atoms with Gasteiger partial charge in [0, 0.05) is 34.3 Å². The standard InChI is InChI=1S/C22H18N4O/c1-13-4-9-18(23)21-17-8-7-16(26-19(17)12-25-22(13)21)6-5-15-11-24-20(27-3)10-14(15)2/h4,7-12H,23H2,1-3H3. The van der Waals surface area contributed by atoms with Gasteiger partial charge in [-0.1, -0.05) is 12.0 Å². The molecule has 0 unspecified atom stereocenters. The quantitative estimate of drug-likeness (QED) is 0.320. The molecule has 1 aromatic carbocycles. The number of nitrogens with two attached hydrogens (primary N) is 1. The van der Waals surface area contributed by atoms with Crippen LogP contribution in [0.2, 0.25) is 0 Å². The Kier molecular flexibility index (Phi) is 4.09. The predicted octanol–water partition coefficient (Wildman–Crippen LogP) is 3.79. The number of benzene rings is 1. The van der Waals surface area contributed by atoms with E-state index in [1.807, 2.05) is 44.2 Å². The van der Waals surface area contributed by atoms with E-state index in [-0.39, 0.29) is 0 Å². The third kappa shape index (κ3) is 3.02. The molecule has 5 heteroatoms. The lowest BCUT2D eigenvalue weighted by Crippen LogP contribution is -1.94. The molecule has 0 aliphatic rings. The van der Waals surface area contributed by atoms with E-state index in [1.54, 1.807) is 19.5 Å². The molecule has 0 fully saturated rings. The number of methoxy groups -OCH3 is 1. The van der Waals surface area contributed by atoms with Crippen LogP contribution in [0.3, 0.4) is 0 Å². The molecule has 0 bridgehead atoms. The van der Waals surface area contributed by atoms with E-state index in [1.165, 1.54) is 0 Å². The Hall–Kier alpha value is -3.65.